The Morgan fingerprint density at radius 1 is 0.929 bits per heavy atom. The van der Waals surface area contributed by atoms with Crippen LogP contribution >= 0.6 is 0 Å². The van der Waals surface area contributed by atoms with Crippen molar-refractivity contribution in [3.8, 4) is 0 Å². The highest BCUT2D eigenvalue weighted by atomic mass is 14.6. The first kappa shape index (κ1) is 13.0. The van der Waals surface area contributed by atoms with Crippen LogP contribution in [-0.4, -0.2) is 0 Å². The summed E-state index contributed by atoms with van der Waals surface area (Å²) >= 11 is 0. The Bertz CT molecular complexity index is 239. The molecule has 1 nitrogen and oxygen atoms in total. The smallest absolute Gasteiger partial charge is 0.0303 e. The van der Waals surface area contributed by atoms with Gasteiger partial charge in [-0.05, 0) is 39.7 Å². The zero-order valence-corrected chi connectivity index (χ0v) is 10.1. The molecule has 0 aromatic carbocycles. The summed E-state index contributed by atoms with van der Waals surface area (Å²) in [6, 6.07) is 0. The largest absolute Gasteiger partial charge is 0.399 e. The van der Waals surface area contributed by atoms with E-state index in [0.717, 1.165) is 18.5 Å². The van der Waals surface area contributed by atoms with Gasteiger partial charge in [-0.1, -0.05) is 36.6 Å². The second kappa shape index (κ2) is 6.47. The van der Waals surface area contributed by atoms with Crippen LogP contribution in [0.1, 0.15) is 47.5 Å². The van der Waals surface area contributed by atoms with E-state index >= 15 is 0 Å². The summed E-state index contributed by atoms with van der Waals surface area (Å²) in [5.74, 6) is 0. The van der Waals surface area contributed by atoms with Gasteiger partial charge in [-0.2, -0.15) is 0 Å². The van der Waals surface area contributed by atoms with Crippen molar-refractivity contribution >= 4 is 0 Å². The van der Waals surface area contributed by atoms with Crippen LogP contribution in [0.25, 0.3) is 0 Å². The molecule has 0 bridgehead atoms. The van der Waals surface area contributed by atoms with E-state index < -0.39 is 0 Å². The van der Waals surface area contributed by atoms with E-state index in [2.05, 4.69) is 40.7 Å². The molecule has 0 fully saturated rings. The van der Waals surface area contributed by atoms with Crippen LogP contribution in [0.4, 0.5) is 0 Å². The molecule has 0 unspecified atom stereocenters. The first-order valence-electron chi connectivity index (χ1n) is 5.32. The maximum atomic E-state index is 5.89. The molecular weight excluding hydrogens is 170 g/mol. The maximum Gasteiger partial charge on any atom is 0.0303 e. The molecule has 0 aliphatic carbocycles. The molecule has 0 aromatic rings. The summed E-state index contributed by atoms with van der Waals surface area (Å²) in [7, 11) is 0. The third kappa shape index (κ3) is 4.31. The van der Waals surface area contributed by atoms with E-state index in [9.17, 15) is 0 Å². The lowest BCUT2D eigenvalue weighted by Crippen LogP contribution is -1.96. The van der Waals surface area contributed by atoms with Crippen LogP contribution in [-0.2, 0) is 0 Å². The standard InChI is InChI=1S/C13H23N/c1-6-10(3)12(5)8-9-13(14)11(4)7-2/h8-9H,6-7,14H2,1-5H3/b9-8-,12-10+,13-11+. The maximum absolute atomic E-state index is 5.89. The molecule has 0 saturated heterocycles. The number of rotatable bonds is 4. The first-order chi connectivity index (χ1) is 6.52. The lowest BCUT2D eigenvalue weighted by molar-refractivity contribution is 1.06. The third-order valence-corrected chi connectivity index (χ3v) is 2.74. The Labute approximate surface area is 88.4 Å². The lowest BCUT2D eigenvalue weighted by atomic mass is 10.1. The summed E-state index contributed by atoms with van der Waals surface area (Å²) in [5, 5.41) is 0. The van der Waals surface area contributed by atoms with Gasteiger partial charge in [-0.15, -0.1) is 0 Å². The van der Waals surface area contributed by atoms with E-state index in [0.29, 0.717) is 0 Å². The minimum absolute atomic E-state index is 0.899. The average Bonchev–Trinajstić information content (AvgIpc) is 2.22. The van der Waals surface area contributed by atoms with Gasteiger partial charge in [-0.25, -0.2) is 0 Å². The van der Waals surface area contributed by atoms with Crippen LogP contribution in [0.15, 0.2) is 34.6 Å². The summed E-state index contributed by atoms with van der Waals surface area (Å²) in [4.78, 5) is 0. The Hall–Kier alpha value is -0.980. The van der Waals surface area contributed by atoms with E-state index in [-0.39, 0.29) is 0 Å². The van der Waals surface area contributed by atoms with Crippen LogP contribution in [0.5, 0.6) is 0 Å². The molecule has 2 N–H and O–H groups in total. The molecule has 14 heavy (non-hydrogen) atoms. The molecular formula is C13H23N. The third-order valence-electron chi connectivity index (χ3n) is 2.74. The van der Waals surface area contributed by atoms with Gasteiger partial charge in [0.1, 0.15) is 0 Å². The summed E-state index contributed by atoms with van der Waals surface area (Å²) < 4.78 is 0. The van der Waals surface area contributed by atoms with Gasteiger partial charge in [0.2, 0.25) is 0 Å². The fourth-order valence-electron chi connectivity index (χ4n) is 0.982. The van der Waals surface area contributed by atoms with Crippen molar-refractivity contribution in [1.82, 2.24) is 0 Å². The Kier molecular flexibility index (Phi) is 6.02. The van der Waals surface area contributed by atoms with Crippen molar-refractivity contribution in [3.63, 3.8) is 0 Å². The van der Waals surface area contributed by atoms with Gasteiger partial charge in [0.25, 0.3) is 0 Å². The minimum Gasteiger partial charge on any atom is -0.399 e. The molecule has 0 aliphatic rings. The fraction of sp³-hybridized carbons (Fsp3) is 0.538. The van der Waals surface area contributed by atoms with E-state index in [1.807, 2.05) is 6.08 Å². The SMILES string of the molecule is CC/C(C)=C(C)/C=C\C(N)=C(\C)CC. The molecule has 0 saturated carbocycles. The highest BCUT2D eigenvalue weighted by molar-refractivity contribution is 5.30. The van der Waals surface area contributed by atoms with Crippen molar-refractivity contribution in [1.29, 1.82) is 0 Å². The van der Waals surface area contributed by atoms with E-state index in [1.54, 1.807) is 0 Å². The monoisotopic (exact) mass is 193 g/mol. The zero-order chi connectivity index (χ0) is 11.1. The Balaban J connectivity index is 4.62. The molecule has 0 aromatic heterocycles. The molecule has 0 heterocycles. The van der Waals surface area contributed by atoms with Gasteiger partial charge in [0.15, 0.2) is 0 Å². The average molecular weight is 193 g/mol. The van der Waals surface area contributed by atoms with Crippen LogP contribution in [0.3, 0.4) is 0 Å². The molecule has 0 radical (unpaired) electrons. The Morgan fingerprint density at radius 3 is 1.86 bits per heavy atom. The van der Waals surface area contributed by atoms with Gasteiger partial charge >= 0.3 is 0 Å². The predicted octanol–water partition coefficient (Wildman–Crippen LogP) is 3.93. The molecule has 0 rings (SSSR count). The van der Waals surface area contributed by atoms with Crippen molar-refractivity contribution in [2.75, 3.05) is 0 Å². The normalized spacial score (nSPS) is 15.5. The van der Waals surface area contributed by atoms with Crippen molar-refractivity contribution in [3.05, 3.63) is 34.6 Å². The van der Waals surface area contributed by atoms with Crippen molar-refractivity contribution in [2.45, 2.75) is 47.5 Å². The first-order valence-corrected chi connectivity index (χ1v) is 5.32. The van der Waals surface area contributed by atoms with E-state index in [1.165, 1.54) is 16.7 Å². The molecule has 0 amide bonds. The van der Waals surface area contributed by atoms with Crippen molar-refractivity contribution < 1.29 is 0 Å². The molecule has 0 atom stereocenters. The second-order valence-electron chi connectivity index (χ2n) is 3.74. The quantitative estimate of drug-likeness (QED) is 0.673. The summed E-state index contributed by atoms with van der Waals surface area (Å²) in [6.45, 7) is 10.7. The molecule has 0 spiro atoms. The fourth-order valence-corrected chi connectivity index (χ4v) is 0.982. The number of allylic oxidation sites excluding steroid dienone is 5. The van der Waals surface area contributed by atoms with Crippen LogP contribution in [0.2, 0.25) is 0 Å². The van der Waals surface area contributed by atoms with Crippen LogP contribution in [0, 0.1) is 0 Å². The van der Waals surface area contributed by atoms with Gasteiger partial charge in [-0.3, -0.25) is 0 Å². The Morgan fingerprint density at radius 2 is 1.43 bits per heavy atom. The van der Waals surface area contributed by atoms with E-state index in [4.69, 9.17) is 5.73 Å². The number of hydrogen-bond donors (Lipinski definition) is 1. The second-order valence-corrected chi connectivity index (χ2v) is 3.74. The summed E-state index contributed by atoms with van der Waals surface area (Å²) in [5.41, 5.74) is 10.8. The van der Waals surface area contributed by atoms with Gasteiger partial charge < -0.3 is 5.73 Å². The minimum atomic E-state index is 0.899. The highest BCUT2D eigenvalue weighted by Gasteiger charge is 1.92. The predicted molar refractivity (Wildman–Crippen MR) is 65.0 cm³/mol. The molecule has 80 valence electrons. The van der Waals surface area contributed by atoms with Crippen LogP contribution < -0.4 is 5.73 Å². The topological polar surface area (TPSA) is 26.0 Å². The van der Waals surface area contributed by atoms with Gasteiger partial charge in [0.05, 0.1) is 0 Å². The lowest BCUT2D eigenvalue weighted by Gasteiger charge is -2.02. The number of nitrogens with two attached hydrogens (primary N) is 1. The molecule has 0 aliphatic heterocycles. The number of hydrogen-bond acceptors (Lipinski definition) is 1. The van der Waals surface area contributed by atoms with Crippen molar-refractivity contribution in [2.24, 2.45) is 5.73 Å². The zero-order valence-electron chi connectivity index (χ0n) is 10.1. The summed E-state index contributed by atoms with van der Waals surface area (Å²) in [6.07, 6.45) is 6.24. The van der Waals surface area contributed by atoms with Gasteiger partial charge in [0, 0.05) is 5.70 Å². The highest BCUT2D eigenvalue weighted by Crippen LogP contribution is 2.10. The molecule has 1 heteroatoms.